The van der Waals surface area contributed by atoms with Crippen molar-refractivity contribution in [1.82, 2.24) is 19.3 Å². The van der Waals surface area contributed by atoms with E-state index in [0.29, 0.717) is 5.88 Å². The molecule has 0 spiro atoms. The summed E-state index contributed by atoms with van der Waals surface area (Å²) >= 11 is 7.49. The van der Waals surface area contributed by atoms with Gasteiger partial charge >= 0.3 is 0 Å². The number of nitrogens with zero attached hydrogens (tertiary/aromatic N) is 4. The van der Waals surface area contributed by atoms with Gasteiger partial charge in [-0.2, -0.15) is 5.10 Å². The molecule has 0 radical (unpaired) electrons. The number of imidazole rings is 1. The molecule has 16 heavy (non-hydrogen) atoms. The van der Waals surface area contributed by atoms with E-state index in [1.807, 2.05) is 34.8 Å². The van der Waals surface area contributed by atoms with Crippen molar-refractivity contribution in [3.05, 3.63) is 30.4 Å². The van der Waals surface area contributed by atoms with Crippen molar-refractivity contribution in [1.29, 1.82) is 0 Å². The van der Waals surface area contributed by atoms with E-state index in [2.05, 4.69) is 10.1 Å². The van der Waals surface area contributed by atoms with E-state index in [1.165, 1.54) is 0 Å². The van der Waals surface area contributed by atoms with Crippen LogP contribution in [0, 0.1) is 0 Å². The highest BCUT2D eigenvalue weighted by Crippen LogP contribution is 2.18. The molecule has 0 saturated heterocycles. The summed E-state index contributed by atoms with van der Waals surface area (Å²) in [5.74, 6) is 1.46. The van der Waals surface area contributed by atoms with E-state index >= 15 is 0 Å². The Hall–Kier alpha value is -0.940. The van der Waals surface area contributed by atoms with Crippen molar-refractivity contribution < 1.29 is 0 Å². The predicted octanol–water partition coefficient (Wildman–Crippen LogP) is 2.15. The van der Waals surface area contributed by atoms with Gasteiger partial charge in [-0.05, 0) is 6.07 Å². The lowest BCUT2D eigenvalue weighted by Gasteiger charge is -2.03. The average molecular weight is 257 g/mol. The first-order valence-corrected chi connectivity index (χ1v) is 6.50. The maximum absolute atomic E-state index is 5.78. The lowest BCUT2D eigenvalue weighted by molar-refractivity contribution is 0.664. The molecule has 0 atom stereocenters. The van der Waals surface area contributed by atoms with E-state index in [4.69, 9.17) is 11.6 Å². The van der Waals surface area contributed by atoms with Gasteiger partial charge in [-0.1, -0.05) is 11.8 Å². The van der Waals surface area contributed by atoms with Crippen molar-refractivity contribution in [3.63, 3.8) is 0 Å². The largest absolute Gasteiger partial charge is 0.325 e. The average Bonchev–Trinajstić information content (AvgIpc) is 2.90. The maximum Gasteiger partial charge on any atom is 0.167 e. The van der Waals surface area contributed by atoms with Gasteiger partial charge in [0.2, 0.25) is 0 Å². The van der Waals surface area contributed by atoms with Crippen LogP contribution in [0.1, 0.15) is 5.69 Å². The summed E-state index contributed by atoms with van der Waals surface area (Å²) in [6.07, 6.45) is 5.57. The Kier molecular flexibility index (Phi) is 3.90. The van der Waals surface area contributed by atoms with Crippen LogP contribution in [-0.4, -0.2) is 25.1 Å². The molecule has 0 bridgehead atoms. The van der Waals surface area contributed by atoms with Gasteiger partial charge in [0.1, 0.15) is 0 Å². The highest BCUT2D eigenvalue weighted by atomic mass is 35.5. The van der Waals surface area contributed by atoms with Crippen LogP contribution in [0.3, 0.4) is 0 Å². The fraction of sp³-hybridized carbons (Fsp3) is 0.400. The van der Waals surface area contributed by atoms with Gasteiger partial charge in [0.25, 0.3) is 0 Å². The lowest BCUT2D eigenvalue weighted by Crippen LogP contribution is -2.02. The Labute approximate surface area is 104 Å². The molecule has 2 aromatic heterocycles. The molecular formula is C10H13ClN4S. The fourth-order valence-electron chi connectivity index (χ4n) is 1.35. The molecule has 0 aliphatic heterocycles. The van der Waals surface area contributed by atoms with Crippen LogP contribution < -0.4 is 0 Å². The Morgan fingerprint density at radius 3 is 3.00 bits per heavy atom. The van der Waals surface area contributed by atoms with Crippen molar-refractivity contribution in [2.24, 2.45) is 7.05 Å². The minimum absolute atomic E-state index is 0.503. The number of hydrogen-bond donors (Lipinski definition) is 0. The fourth-order valence-corrected chi connectivity index (χ4v) is 2.49. The van der Waals surface area contributed by atoms with Gasteiger partial charge in [0, 0.05) is 25.2 Å². The summed E-state index contributed by atoms with van der Waals surface area (Å²) in [6.45, 7) is 0.890. The summed E-state index contributed by atoms with van der Waals surface area (Å²) in [4.78, 5) is 4.32. The van der Waals surface area contributed by atoms with Crippen molar-refractivity contribution in [2.75, 3.05) is 5.75 Å². The maximum atomic E-state index is 5.78. The van der Waals surface area contributed by atoms with Crippen LogP contribution >= 0.6 is 23.4 Å². The molecule has 0 unspecified atom stereocenters. The molecule has 2 aromatic rings. The molecule has 86 valence electrons. The van der Waals surface area contributed by atoms with Crippen LogP contribution in [0.4, 0.5) is 0 Å². The monoisotopic (exact) mass is 256 g/mol. The Bertz CT molecular complexity index is 438. The molecule has 0 fully saturated rings. The molecule has 0 aliphatic carbocycles. The summed E-state index contributed by atoms with van der Waals surface area (Å²) in [5, 5.41) is 5.15. The quantitative estimate of drug-likeness (QED) is 0.608. The Morgan fingerprint density at radius 2 is 2.38 bits per heavy atom. The smallest absolute Gasteiger partial charge is 0.167 e. The molecule has 0 aliphatic rings. The molecule has 6 heteroatoms. The minimum Gasteiger partial charge on any atom is -0.325 e. The Balaban J connectivity index is 1.87. The summed E-state index contributed by atoms with van der Waals surface area (Å²) < 4.78 is 3.94. The number of hydrogen-bond acceptors (Lipinski definition) is 3. The first-order chi connectivity index (χ1) is 7.81. The van der Waals surface area contributed by atoms with Crippen LogP contribution in [0.2, 0.25) is 0 Å². The van der Waals surface area contributed by atoms with Crippen molar-refractivity contribution in [2.45, 2.75) is 17.6 Å². The number of alkyl halides is 1. The van der Waals surface area contributed by atoms with Gasteiger partial charge in [-0.25, -0.2) is 4.98 Å². The molecule has 0 amide bonds. The standard InChI is InChI=1S/C10H13ClN4S/c1-14-9(7-11)8-12-10(14)16-6-5-15-4-2-3-13-15/h2-4,8H,5-7H2,1H3. The topological polar surface area (TPSA) is 35.6 Å². The summed E-state index contributed by atoms with van der Waals surface area (Å²) in [5.41, 5.74) is 1.04. The third kappa shape index (κ3) is 2.59. The third-order valence-electron chi connectivity index (χ3n) is 2.29. The second-order valence-corrected chi connectivity index (χ2v) is 4.67. The molecule has 0 N–H and O–H groups in total. The van der Waals surface area contributed by atoms with E-state index in [0.717, 1.165) is 23.1 Å². The van der Waals surface area contributed by atoms with Gasteiger partial charge in [-0.15, -0.1) is 11.6 Å². The molecule has 0 aromatic carbocycles. The molecule has 0 saturated carbocycles. The second-order valence-electron chi connectivity index (χ2n) is 3.34. The zero-order valence-corrected chi connectivity index (χ0v) is 10.6. The van der Waals surface area contributed by atoms with E-state index in [1.54, 1.807) is 18.0 Å². The summed E-state index contributed by atoms with van der Waals surface area (Å²) in [6, 6.07) is 1.93. The van der Waals surface area contributed by atoms with Gasteiger partial charge in [0.05, 0.1) is 24.3 Å². The molecule has 2 rings (SSSR count). The van der Waals surface area contributed by atoms with E-state index < -0.39 is 0 Å². The lowest BCUT2D eigenvalue weighted by atomic mass is 10.5. The third-order valence-corrected chi connectivity index (χ3v) is 3.59. The highest BCUT2D eigenvalue weighted by molar-refractivity contribution is 7.99. The highest BCUT2D eigenvalue weighted by Gasteiger charge is 2.05. The minimum atomic E-state index is 0.503. The first-order valence-electron chi connectivity index (χ1n) is 4.98. The number of aromatic nitrogens is 4. The van der Waals surface area contributed by atoms with Crippen molar-refractivity contribution >= 4 is 23.4 Å². The second kappa shape index (κ2) is 5.41. The van der Waals surface area contributed by atoms with Gasteiger partial charge in [0.15, 0.2) is 5.16 Å². The van der Waals surface area contributed by atoms with E-state index in [-0.39, 0.29) is 0 Å². The zero-order valence-electron chi connectivity index (χ0n) is 9.01. The van der Waals surface area contributed by atoms with Crippen molar-refractivity contribution in [3.8, 4) is 0 Å². The number of rotatable bonds is 5. The normalized spacial score (nSPS) is 10.9. The molecule has 4 nitrogen and oxygen atoms in total. The first kappa shape index (κ1) is 11.5. The van der Waals surface area contributed by atoms with E-state index in [9.17, 15) is 0 Å². The zero-order chi connectivity index (χ0) is 11.4. The predicted molar refractivity (Wildman–Crippen MR) is 65.7 cm³/mol. The molecular weight excluding hydrogens is 244 g/mol. The number of halogens is 1. The number of aryl methyl sites for hydroxylation is 1. The van der Waals surface area contributed by atoms with Crippen LogP contribution in [0.25, 0.3) is 0 Å². The summed E-state index contributed by atoms with van der Waals surface area (Å²) in [7, 11) is 1.99. The Morgan fingerprint density at radius 1 is 1.50 bits per heavy atom. The SMILES string of the molecule is Cn1c(CCl)cnc1SCCn1cccn1. The van der Waals surface area contributed by atoms with Gasteiger partial charge < -0.3 is 4.57 Å². The molecule has 2 heterocycles. The van der Waals surface area contributed by atoms with Crippen LogP contribution in [-0.2, 0) is 19.5 Å². The van der Waals surface area contributed by atoms with Gasteiger partial charge in [-0.3, -0.25) is 4.68 Å². The van der Waals surface area contributed by atoms with Crippen LogP contribution in [0.15, 0.2) is 29.8 Å². The van der Waals surface area contributed by atoms with Crippen LogP contribution in [0.5, 0.6) is 0 Å². The number of thioether (sulfide) groups is 1.